The molecule has 0 saturated heterocycles. The summed E-state index contributed by atoms with van der Waals surface area (Å²) in [5.41, 5.74) is 9.68. The molecule has 39 heavy (non-hydrogen) atoms. The van der Waals surface area contributed by atoms with Gasteiger partial charge in [0.25, 0.3) is 0 Å². The number of anilines is 1. The Hall–Kier alpha value is -3.63. The monoisotopic (exact) mass is 535 g/mol. The van der Waals surface area contributed by atoms with Gasteiger partial charge < -0.3 is 40.4 Å². The summed E-state index contributed by atoms with van der Waals surface area (Å²) in [6.07, 6.45) is 0.222. The van der Waals surface area contributed by atoms with Crippen LogP contribution in [0, 0.1) is 0 Å². The second-order valence-corrected chi connectivity index (χ2v) is 9.86. The Morgan fingerprint density at radius 1 is 1.08 bits per heavy atom. The first-order valence-corrected chi connectivity index (χ1v) is 13.1. The Morgan fingerprint density at radius 3 is 2.69 bits per heavy atom. The maximum atomic E-state index is 11.0. The van der Waals surface area contributed by atoms with Gasteiger partial charge in [0.15, 0.2) is 0 Å². The van der Waals surface area contributed by atoms with Crippen LogP contribution in [0.25, 0.3) is 0 Å². The number of ether oxygens (including phenoxy) is 4. The molecule has 9 nitrogen and oxygen atoms in total. The van der Waals surface area contributed by atoms with Crippen LogP contribution in [0.3, 0.4) is 0 Å². The molecular formula is C30H37N3O6. The van der Waals surface area contributed by atoms with Crippen molar-refractivity contribution >= 4 is 11.7 Å². The molecule has 0 aliphatic carbocycles. The number of carbonyl (C=O) groups is 1. The van der Waals surface area contributed by atoms with E-state index in [2.05, 4.69) is 10.6 Å². The number of urea groups is 1. The van der Waals surface area contributed by atoms with Crippen LogP contribution in [-0.2, 0) is 29.1 Å². The zero-order chi connectivity index (χ0) is 27.7. The minimum atomic E-state index is -0.630. The number of primary amides is 1. The van der Waals surface area contributed by atoms with E-state index in [1.165, 1.54) is 5.56 Å². The molecule has 5 N–H and O–H groups in total. The summed E-state index contributed by atoms with van der Waals surface area (Å²) >= 11 is 0. The highest BCUT2D eigenvalue weighted by Gasteiger charge is 2.27. The Bertz CT molecular complexity index is 1230. The highest BCUT2D eigenvalue weighted by Crippen LogP contribution is 2.32. The molecule has 0 bridgehead atoms. The molecule has 4 rings (SSSR count). The molecule has 9 heteroatoms. The maximum Gasteiger partial charge on any atom is 0.316 e. The highest BCUT2D eigenvalue weighted by molar-refractivity contribution is 5.87. The van der Waals surface area contributed by atoms with E-state index in [4.69, 9.17) is 24.7 Å². The minimum absolute atomic E-state index is 0.409. The fraction of sp³-hybridized carbons (Fsp3) is 0.367. The second kappa shape index (κ2) is 13.4. The molecule has 3 aromatic carbocycles. The number of nitrogens with two attached hydrogens (primary N) is 1. The predicted octanol–water partition coefficient (Wildman–Crippen LogP) is 4.28. The van der Waals surface area contributed by atoms with Crippen molar-refractivity contribution in [2.45, 2.75) is 45.4 Å². The normalized spacial score (nSPS) is 14.6. The third-order valence-corrected chi connectivity index (χ3v) is 6.21. The topological polar surface area (TPSA) is 124 Å². The van der Waals surface area contributed by atoms with E-state index >= 15 is 0 Å². The Morgan fingerprint density at radius 2 is 1.90 bits per heavy atom. The Kier molecular flexibility index (Phi) is 9.78. The van der Waals surface area contributed by atoms with Crippen molar-refractivity contribution < 1.29 is 28.8 Å². The molecule has 1 aliphatic heterocycles. The van der Waals surface area contributed by atoms with E-state index in [1.54, 1.807) is 6.07 Å². The van der Waals surface area contributed by atoms with Crippen LogP contribution < -0.4 is 25.8 Å². The quantitative estimate of drug-likeness (QED) is 0.241. The van der Waals surface area contributed by atoms with Crippen LogP contribution in [0.4, 0.5) is 10.5 Å². The largest absolute Gasteiger partial charge is 0.491 e. The maximum absolute atomic E-state index is 11.0. The number of nitrogens with one attached hydrogen (secondary N) is 2. The lowest BCUT2D eigenvalue weighted by Crippen LogP contribution is -2.35. The first-order chi connectivity index (χ1) is 18.8. The average Bonchev–Trinajstić information content (AvgIpc) is 2.90. The molecule has 0 saturated carbocycles. The first-order valence-electron chi connectivity index (χ1n) is 13.1. The van der Waals surface area contributed by atoms with E-state index in [1.807, 2.05) is 74.5 Å². The summed E-state index contributed by atoms with van der Waals surface area (Å²) < 4.78 is 23.0. The van der Waals surface area contributed by atoms with Crippen LogP contribution in [0.1, 0.15) is 42.2 Å². The molecule has 1 aliphatic rings. The van der Waals surface area contributed by atoms with Gasteiger partial charge in [-0.05, 0) is 66.1 Å². The second-order valence-electron chi connectivity index (χ2n) is 9.86. The fourth-order valence-corrected chi connectivity index (χ4v) is 4.20. The zero-order valence-electron chi connectivity index (χ0n) is 22.4. The molecule has 0 spiro atoms. The number of aliphatic hydroxyl groups excluding tert-OH is 1. The van der Waals surface area contributed by atoms with Crippen molar-refractivity contribution in [2.75, 3.05) is 31.6 Å². The van der Waals surface area contributed by atoms with Crippen molar-refractivity contribution in [1.29, 1.82) is 0 Å². The van der Waals surface area contributed by atoms with E-state index in [9.17, 15) is 9.90 Å². The number of aliphatic hydroxyl groups is 1. The average molecular weight is 536 g/mol. The molecule has 0 fully saturated rings. The molecule has 2 amide bonds. The first kappa shape index (κ1) is 28.4. The van der Waals surface area contributed by atoms with Gasteiger partial charge >= 0.3 is 6.03 Å². The molecule has 0 unspecified atom stereocenters. The standard InChI is InChI=1S/C30H37N3O6/c1-30(2)38-20-24-17-23(8-11-28(24)39-30)27(34)18-32-13-12-21-6-9-26(10-7-21)37-15-14-36-19-22-4-3-5-25(16-22)33-29(31)35/h3-11,16-17,27,32,34H,12-15,18-20H2,1-2H3,(H3,31,33,35)/t27-/m1/s1. The lowest BCUT2D eigenvalue weighted by Gasteiger charge is -2.33. The van der Waals surface area contributed by atoms with Crippen LogP contribution >= 0.6 is 0 Å². The summed E-state index contributed by atoms with van der Waals surface area (Å²) in [5, 5.41) is 16.5. The van der Waals surface area contributed by atoms with Crippen molar-refractivity contribution in [2.24, 2.45) is 5.73 Å². The molecule has 0 radical (unpaired) electrons. The molecule has 1 atom stereocenters. The van der Waals surface area contributed by atoms with Crippen LogP contribution in [0.2, 0.25) is 0 Å². The fourth-order valence-electron chi connectivity index (χ4n) is 4.20. The zero-order valence-corrected chi connectivity index (χ0v) is 22.4. The Balaban J connectivity index is 1.11. The van der Waals surface area contributed by atoms with E-state index < -0.39 is 17.9 Å². The van der Waals surface area contributed by atoms with Gasteiger partial charge in [-0.1, -0.05) is 30.3 Å². The number of amides is 2. The van der Waals surface area contributed by atoms with Gasteiger partial charge in [-0.3, -0.25) is 0 Å². The minimum Gasteiger partial charge on any atom is -0.491 e. The van der Waals surface area contributed by atoms with Crippen LogP contribution in [-0.4, -0.2) is 43.2 Å². The summed E-state index contributed by atoms with van der Waals surface area (Å²) in [4.78, 5) is 11.0. The molecular weight excluding hydrogens is 498 g/mol. The number of fused-ring (bicyclic) bond motifs is 1. The van der Waals surface area contributed by atoms with Gasteiger partial charge in [0.05, 0.1) is 25.9 Å². The predicted molar refractivity (Wildman–Crippen MR) is 149 cm³/mol. The van der Waals surface area contributed by atoms with Crippen LogP contribution in [0.15, 0.2) is 66.7 Å². The summed E-state index contributed by atoms with van der Waals surface area (Å²) in [6.45, 7) is 6.71. The van der Waals surface area contributed by atoms with E-state index in [0.29, 0.717) is 38.7 Å². The lowest BCUT2D eigenvalue weighted by molar-refractivity contribution is -0.180. The number of rotatable bonds is 13. The van der Waals surface area contributed by atoms with Crippen LogP contribution in [0.5, 0.6) is 11.5 Å². The lowest BCUT2D eigenvalue weighted by atomic mass is 10.0. The third kappa shape index (κ3) is 8.97. The van der Waals surface area contributed by atoms with Gasteiger partial charge in [0, 0.05) is 31.6 Å². The number of hydrogen-bond acceptors (Lipinski definition) is 7. The SMILES string of the molecule is CC1(C)OCc2cc([C@H](O)CNCCc3ccc(OCCOCc4cccc(NC(N)=O)c4)cc3)ccc2O1. The number of hydrogen-bond donors (Lipinski definition) is 4. The molecule has 208 valence electrons. The summed E-state index contributed by atoms with van der Waals surface area (Å²) in [7, 11) is 0. The summed E-state index contributed by atoms with van der Waals surface area (Å²) in [5.74, 6) is 0.953. The molecule has 1 heterocycles. The van der Waals surface area contributed by atoms with Gasteiger partial charge in [0.1, 0.15) is 18.1 Å². The van der Waals surface area contributed by atoms with Crippen molar-refractivity contribution in [1.82, 2.24) is 5.32 Å². The third-order valence-electron chi connectivity index (χ3n) is 6.21. The Labute approximate surface area is 229 Å². The van der Waals surface area contributed by atoms with Gasteiger partial charge in [-0.25, -0.2) is 4.79 Å². The van der Waals surface area contributed by atoms with Crippen molar-refractivity contribution in [3.8, 4) is 11.5 Å². The van der Waals surface area contributed by atoms with Crippen molar-refractivity contribution in [3.63, 3.8) is 0 Å². The van der Waals surface area contributed by atoms with E-state index in [-0.39, 0.29) is 0 Å². The summed E-state index contributed by atoms with van der Waals surface area (Å²) in [6, 6.07) is 20.5. The molecule has 3 aromatic rings. The number of carbonyl (C=O) groups excluding carboxylic acids is 1. The molecule has 0 aromatic heterocycles. The van der Waals surface area contributed by atoms with Gasteiger partial charge in [0.2, 0.25) is 5.79 Å². The van der Waals surface area contributed by atoms with E-state index in [0.717, 1.165) is 41.2 Å². The van der Waals surface area contributed by atoms with Gasteiger partial charge in [-0.2, -0.15) is 0 Å². The van der Waals surface area contributed by atoms with Gasteiger partial charge in [-0.15, -0.1) is 0 Å². The highest BCUT2D eigenvalue weighted by atomic mass is 16.7. The van der Waals surface area contributed by atoms with Crippen molar-refractivity contribution in [3.05, 3.63) is 89.0 Å². The smallest absolute Gasteiger partial charge is 0.316 e. The number of benzene rings is 3.